The third-order valence-electron chi connectivity index (χ3n) is 5.33. The van der Waals surface area contributed by atoms with Gasteiger partial charge in [-0.05, 0) is 61.9 Å². The van der Waals surface area contributed by atoms with Crippen molar-refractivity contribution in [3.05, 3.63) is 64.7 Å². The minimum Gasteiger partial charge on any atom is -0.481 e. The zero-order chi connectivity index (χ0) is 22.1. The smallest absolute Gasteiger partial charge is 0.416 e. The maximum Gasteiger partial charge on any atom is 0.416 e. The Bertz CT molecular complexity index is 959. The normalized spacial score (nSPS) is 19.0. The highest BCUT2D eigenvalue weighted by Gasteiger charge is 2.48. The minimum absolute atomic E-state index is 0.100. The van der Waals surface area contributed by atoms with Gasteiger partial charge in [0.05, 0.1) is 5.56 Å². The Balaban J connectivity index is 1.54. The summed E-state index contributed by atoms with van der Waals surface area (Å²) in [5.41, 5.74) is 5.88. The number of carbonyl (C=O) groups excluding carboxylic acids is 2. The summed E-state index contributed by atoms with van der Waals surface area (Å²) in [6.45, 7) is 5.35. The second-order valence-corrected chi connectivity index (χ2v) is 7.47. The lowest BCUT2D eigenvalue weighted by molar-refractivity contribution is -0.138. The van der Waals surface area contributed by atoms with E-state index in [9.17, 15) is 22.8 Å². The summed E-state index contributed by atoms with van der Waals surface area (Å²) in [5.74, 6) is -1.66. The number of hydrogen-bond acceptors (Lipinski definition) is 3. The highest BCUT2D eigenvalue weighted by atomic mass is 19.4. The van der Waals surface area contributed by atoms with Crippen LogP contribution in [0.25, 0.3) is 0 Å². The highest BCUT2D eigenvalue weighted by Crippen LogP contribution is 2.50. The molecular weight excluding hydrogens is 397 g/mol. The average Bonchev–Trinajstić information content (AvgIpc) is 3.49. The van der Waals surface area contributed by atoms with Crippen LogP contribution in [-0.4, -0.2) is 17.9 Å². The molecule has 160 valence electrons. The Morgan fingerprint density at radius 2 is 1.77 bits per heavy atom. The molecule has 2 N–H and O–H groups in total. The van der Waals surface area contributed by atoms with Crippen molar-refractivity contribution in [3.63, 3.8) is 0 Å². The molecule has 0 saturated heterocycles. The summed E-state index contributed by atoms with van der Waals surface area (Å²) in [5, 5.41) is 0. The van der Waals surface area contributed by atoms with Crippen LogP contribution < -0.4 is 15.6 Å². The van der Waals surface area contributed by atoms with Crippen molar-refractivity contribution >= 4 is 11.8 Å². The average molecular weight is 420 g/mol. The van der Waals surface area contributed by atoms with Crippen LogP contribution in [0.4, 0.5) is 13.2 Å². The van der Waals surface area contributed by atoms with Gasteiger partial charge in [0.15, 0.2) is 6.10 Å². The minimum atomic E-state index is -4.48. The summed E-state index contributed by atoms with van der Waals surface area (Å²) < 4.78 is 45.2. The maximum absolute atomic E-state index is 13.2. The first-order chi connectivity index (χ1) is 14.1. The SMILES string of the molecule is Cc1cccc(OC(C)C(=O)NNC(=O)C2CC2c2ccccc2C(F)(F)F)c1C. The van der Waals surface area contributed by atoms with E-state index in [-0.39, 0.29) is 5.56 Å². The summed E-state index contributed by atoms with van der Waals surface area (Å²) in [4.78, 5) is 24.5. The quantitative estimate of drug-likeness (QED) is 0.718. The Kier molecular flexibility index (Phi) is 6.05. The fourth-order valence-corrected chi connectivity index (χ4v) is 3.32. The maximum atomic E-state index is 13.2. The molecule has 1 aliphatic carbocycles. The predicted octanol–water partition coefficient (Wildman–Crippen LogP) is 4.04. The fraction of sp³-hybridized carbons (Fsp3) is 0.364. The van der Waals surface area contributed by atoms with Gasteiger partial charge in [0, 0.05) is 5.92 Å². The van der Waals surface area contributed by atoms with Gasteiger partial charge in [0.1, 0.15) is 5.75 Å². The molecule has 1 fully saturated rings. The molecule has 3 atom stereocenters. The number of ether oxygens (including phenoxy) is 1. The molecule has 0 aromatic heterocycles. The van der Waals surface area contributed by atoms with Crippen molar-refractivity contribution in [2.24, 2.45) is 5.92 Å². The van der Waals surface area contributed by atoms with Crippen molar-refractivity contribution in [1.82, 2.24) is 10.9 Å². The summed E-state index contributed by atoms with van der Waals surface area (Å²) in [6.07, 6.45) is -5.05. The second kappa shape index (κ2) is 8.38. The van der Waals surface area contributed by atoms with Gasteiger partial charge in [-0.2, -0.15) is 13.2 Å². The number of halogens is 3. The molecule has 1 aliphatic rings. The molecule has 0 heterocycles. The van der Waals surface area contributed by atoms with Gasteiger partial charge in [-0.3, -0.25) is 20.4 Å². The molecule has 2 amide bonds. The molecule has 2 aromatic rings. The van der Waals surface area contributed by atoms with Gasteiger partial charge in [-0.15, -0.1) is 0 Å². The number of amides is 2. The Morgan fingerprint density at radius 1 is 1.07 bits per heavy atom. The lowest BCUT2D eigenvalue weighted by Crippen LogP contribution is -2.47. The molecule has 0 bridgehead atoms. The summed E-state index contributed by atoms with van der Waals surface area (Å²) in [6, 6.07) is 10.7. The predicted molar refractivity (Wildman–Crippen MR) is 105 cm³/mol. The molecule has 0 radical (unpaired) electrons. The van der Waals surface area contributed by atoms with E-state index in [1.165, 1.54) is 18.2 Å². The number of hydrazine groups is 1. The Morgan fingerprint density at radius 3 is 2.47 bits per heavy atom. The monoisotopic (exact) mass is 420 g/mol. The first kappa shape index (κ1) is 21.7. The topological polar surface area (TPSA) is 67.4 Å². The van der Waals surface area contributed by atoms with E-state index in [0.717, 1.165) is 17.2 Å². The summed E-state index contributed by atoms with van der Waals surface area (Å²) >= 11 is 0. The standard InChI is InChI=1S/C22H23F3N2O3/c1-12-7-6-10-19(13(12)2)30-14(3)20(28)26-27-21(29)17-11-16(17)15-8-4-5-9-18(15)22(23,24)25/h4-10,14,16-17H,11H2,1-3H3,(H,26,28)(H,27,29). The van der Waals surface area contributed by atoms with Crippen LogP contribution in [0, 0.1) is 19.8 Å². The molecular formula is C22H23F3N2O3. The van der Waals surface area contributed by atoms with Gasteiger partial charge in [0.25, 0.3) is 5.91 Å². The van der Waals surface area contributed by atoms with Crippen molar-refractivity contribution in [3.8, 4) is 5.75 Å². The van der Waals surface area contributed by atoms with E-state index in [2.05, 4.69) is 10.9 Å². The van der Waals surface area contributed by atoms with E-state index in [0.29, 0.717) is 12.2 Å². The zero-order valence-electron chi connectivity index (χ0n) is 16.8. The molecule has 0 aliphatic heterocycles. The Labute approximate surface area is 172 Å². The van der Waals surface area contributed by atoms with E-state index in [4.69, 9.17) is 4.74 Å². The number of carbonyl (C=O) groups is 2. The first-order valence-electron chi connectivity index (χ1n) is 9.58. The van der Waals surface area contributed by atoms with Crippen molar-refractivity contribution in [1.29, 1.82) is 0 Å². The van der Waals surface area contributed by atoms with Crippen LogP contribution in [0.3, 0.4) is 0 Å². The van der Waals surface area contributed by atoms with Crippen LogP contribution in [0.1, 0.15) is 41.5 Å². The lowest BCUT2D eigenvalue weighted by Gasteiger charge is -2.17. The third-order valence-corrected chi connectivity index (χ3v) is 5.33. The van der Waals surface area contributed by atoms with Crippen LogP contribution >= 0.6 is 0 Å². The molecule has 3 rings (SSSR count). The van der Waals surface area contributed by atoms with Gasteiger partial charge in [-0.1, -0.05) is 30.3 Å². The van der Waals surface area contributed by atoms with Gasteiger partial charge >= 0.3 is 6.18 Å². The van der Waals surface area contributed by atoms with E-state index < -0.39 is 41.5 Å². The molecule has 2 aromatic carbocycles. The molecule has 8 heteroatoms. The van der Waals surface area contributed by atoms with Crippen molar-refractivity contribution in [2.45, 2.75) is 45.4 Å². The van der Waals surface area contributed by atoms with Crippen molar-refractivity contribution < 1.29 is 27.5 Å². The first-order valence-corrected chi connectivity index (χ1v) is 9.58. The Hall–Kier alpha value is -3.03. The number of nitrogens with one attached hydrogen (secondary N) is 2. The van der Waals surface area contributed by atoms with Gasteiger partial charge in [-0.25, -0.2) is 0 Å². The van der Waals surface area contributed by atoms with E-state index >= 15 is 0 Å². The van der Waals surface area contributed by atoms with Crippen LogP contribution in [0.2, 0.25) is 0 Å². The van der Waals surface area contributed by atoms with E-state index in [1.54, 1.807) is 13.0 Å². The molecule has 1 saturated carbocycles. The second-order valence-electron chi connectivity index (χ2n) is 7.47. The number of aryl methyl sites for hydroxylation is 1. The van der Waals surface area contributed by atoms with Crippen LogP contribution in [-0.2, 0) is 15.8 Å². The largest absolute Gasteiger partial charge is 0.481 e. The van der Waals surface area contributed by atoms with Crippen molar-refractivity contribution in [2.75, 3.05) is 0 Å². The van der Waals surface area contributed by atoms with Gasteiger partial charge in [0.2, 0.25) is 5.91 Å². The van der Waals surface area contributed by atoms with E-state index in [1.807, 2.05) is 26.0 Å². The third kappa shape index (κ3) is 4.75. The fourth-order valence-electron chi connectivity index (χ4n) is 3.32. The highest BCUT2D eigenvalue weighted by molar-refractivity contribution is 5.87. The number of rotatable bonds is 5. The lowest BCUT2D eigenvalue weighted by atomic mass is 10.0. The molecule has 0 spiro atoms. The van der Waals surface area contributed by atoms with Crippen LogP contribution in [0.15, 0.2) is 42.5 Å². The molecule has 5 nitrogen and oxygen atoms in total. The van der Waals surface area contributed by atoms with Crippen LogP contribution in [0.5, 0.6) is 5.75 Å². The van der Waals surface area contributed by atoms with Gasteiger partial charge < -0.3 is 4.74 Å². The summed E-state index contributed by atoms with van der Waals surface area (Å²) in [7, 11) is 0. The number of benzene rings is 2. The molecule has 30 heavy (non-hydrogen) atoms. The zero-order valence-corrected chi connectivity index (χ0v) is 16.8. The number of hydrogen-bond donors (Lipinski definition) is 2. The molecule has 3 unspecified atom stereocenters. The number of alkyl halides is 3.